The molecule has 8 heteroatoms. The van der Waals surface area contributed by atoms with Gasteiger partial charge < -0.3 is 9.47 Å². The Morgan fingerprint density at radius 1 is 0.962 bits per heavy atom. The molecule has 1 aliphatic heterocycles. The number of hydrogen-bond acceptors (Lipinski definition) is 5. The van der Waals surface area contributed by atoms with Crippen molar-refractivity contribution in [2.45, 2.75) is 13.0 Å². The van der Waals surface area contributed by atoms with Crippen molar-refractivity contribution in [1.29, 1.82) is 0 Å². The highest BCUT2D eigenvalue weighted by molar-refractivity contribution is 6.33. The van der Waals surface area contributed by atoms with E-state index < -0.39 is 0 Å². The van der Waals surface area contributed by atoms with Crippen LogP contribution in [0.2, 0.25) is 5.15 Å². The molecule has 4 rings (SSSR count). The third-order valence-electron chi connectivity index (χ3n) is 4.79. The van der Waals surface area contributed by atoms with Crippen LogP contribution in [0.3, 0.4) is 0 Å². The lowest BCUT2D eigenvalue weighted by atomic mass is 10.2. The van der Waals surface area contributed by atoms with Gasteiger partial charge in [0.15, 0.2) is 10.8 Å². The van der Waals surface area contributed by atoms with Crippen LogP contribution in [0.25, 0.3) is 11.2 Å². The average molecular weight is 375 g/mol. The van der Waals surface area contributed by atoms with Gasteiger partial charge >= 0.3 is 0 Å². The number of nitrogens with zero attached hydrogens (tertiary/aromatic N) is 6. The molecular weight excluding hydrogens is 355 g/mol. The number of aryl methyl sites for hydroxylation is 1. The summed E-state index contributed by atoms with van der Waals surface area (Å²) in [5, 5.41) is 0.394. The number of imidazole rings is 1. The molecule has 0 bridgehead atoms. The molecule has 0 N–H and O–H groups in total. The van der Waals surface area contributed by atoms with Crippen LogP contribution in [-0.2, 0) is 6.54 Å². The molecule has 0 aliphatic carbocycles. The van der Waals surface area contributed by atoms with Gasteiger partial charge in [-0.05, 0) is 37.2 Å². The number of hydrogen-bond donors (Lipinski definition) is 0. The second-order valence-corrected chi connectivity index (χ2v) is 6.79. The maximum atomic E-state index is 13.0. The van der Waals surface area contributed by atoms with E-state index in [4.69, 9.17) is 11.6 Å². The first-order valence-electron chi connectivity index (χ1n) is 8.75. The van der Waals surface area contributed by atoms with E-state index in [9.17, 15) is 4.39 Å². The summed E-state index contributed by atoms with van der Waals surface area (Å²) in [6.07, 6.45) is 4.26. The number of halogens is 2. The van der Waals surface area contributed by atoms with Crippen molar-refractivity contribution in [3.8, 4) is 0 Å². The molecular formula is C18H20ClFN6. The summed E-state index contributed by atoms with van der Waals surface area (Å²) >= 11 is 6.04. The van der Waals surface area contributed by atoms with Gasteiger partial charge in [0.2, 0.25) is 0 Å². The van der Waals surface area contributed by atoms with Gasteiger partial charge in [0.05, 0.1) is 6.33 Å². The molecule has 0 atom stereocenters. The molecule has 1 saturated heterocycles. The maximum absolute atomic E-state index is 13.0. The Balaban J connectivity index is 1.27. The van der Waals surface area contributed by atoms with E-state index in [2.05, 4.69) is 24.8 Å². The zero-order valence-corrected chi connectivity index (χ0v) is 15.1. The molecule has 6 nitrogen and oxygen atoms in total. The normalized spacial score (nSPS) is 15.7. The van der Waals surface area contributed by atoms with Crippen molar-refractivity contribution in [1.82, 2.24) is 24.4 Å². The molecule has 0 amide bonds. The minimum atomic E-state index is -0.189. The van der Waals surface area contributed by atoms with Crippen molar-refractivity contribution in [3.05, 3.63) is 47.9 Å². The number of piperazine rings is 1. The minimum absolute atomic E-state index is 0.189. The standard InChI is InChI=1S/C18H20ClFN6/c19-17-16-18(22-12-21-17)26(13-23-16)7-1-6-24-8-10-25(11-9-24)15-4-2-14(20)3-5-15/h2-5,12-13H,1,6-11H2. The van der Waals surface area contributed by atoms with Crippen LogP contribution in [-0.4, -0.2) is 57.1 Å². The third kappa shape index (κ3) is 3.64. The van der Waals surface area contributed by atoms with Crippen LogP contribution in [0.5, 0.6) is 0 Å². The fraction of sp³-hybridized carbons (Fsp3) is 0.389. The zero-order chi connectivity index (χ0) is 17.9. The van der Waals surface area contributed by atoms with Crippen molar-refractivity contribution in [2.75, 3.05) is 37.6 Å². The van der Waals surface area contributed by atoms with Gasteiger partial charge in [-0.15, -0.1) is 0 Å². The first-order chi connectivity index (χ1) is 12.7. The molecule has 0 saturated carbocycles. The highest BCUT2D eigenvalue weighted by atomic mass is 35.5. The number of anilines is 1. The Morgan fingerprint density at radius 3 is 2.50 bits per heavy atom. The molecule has 0 spiro atoms. The Hall–Kier alpha value is -2.25. The van der Waals surface area contributed by atoms with E-state index in [-0.39, 0.29) is 5.82 Å². The quantitative estimate of drug-likeness (QED) is 0.643. The van der Waals surface area contributed by atoms with Crippen LogP contribution in [0.1, 0.15) is 6.42 Å². The third-order valence-corrected chi connectivity index (χ3v) is 5.07. The summed E-state index contributed by atoms with van der Waals surface area (Å²) < 4.78 is 15.1. The van der Waals surface area contributed by atoms with Crippen molar-refractivity contribution >= 4 is 28.5 Å². The molecule has 1 aliphatic rings. The second-order valence-electron chi connectivity index (χ2n) is 6.43. The first-order valence-corrected chi connectivity index (χ1v) is 9.13. The molecule has 0 unspecified atom stereocenters. The van der Waals surface area contributed by atoms with E-state index >= 15 is 0 Å². The zero-order valence-electron chi connectivity index (χ0n) is 14.4. The largest absolute Gasteiger partial charge is 0.369 e. The summed E-state index contributed by atoms with van der Waals surface area (Å²) in [5.41, 5.74) is 2.53. The molecule has 1 aromatic carbocycles. The minimum Gasteiger partial charge on any atom is -0.369 e. The van der Waals surface area contributed by atoms with Gasteiger partial charge in [-0.3, -0.25) is 4.90 Å². The van der Waals surface area contributed by atoms with Gasteiger partial charge in [-0.1, -0.05) is 11.6 Å². The molecule has 0 radical (unpaired) electrons. The monoisotopic (exact) mass is 374 g/mol. The topological polar surface area (TPSA) is 50.1 Å². The highest BCUT2D eigenvalue weighted by Gasteiger charge is 2.17. The SMILES string of the molecule is Fc1ccc(N2CCN(CCCn3cnc4c(Cl)ncnc43)CC2)cc1. The predicted octanol–water partition coefficient (Wildman–Crippen LogP) is 2.83. The molecule has 1 fully saturated rings. The summed E-state index contributed by atoms with van der Waals surface area (Å²) in [6, 6.07) is 6.74. The lowest BCUT2D eigenvalue weighted by Gasteiger charge is -2.36. The summed E-state index contributed by atoms with van der Waals surface area (Å²) in [4.78, 5) is 17.3. The lowest BCUT2D eigenvalue weighted by molar-refractivity contribution is 0.251. The van der Waals surface area contributed by atoms with Gasteiger partial charge in [0, 0.05) is 38.4 Å². The number of fused-ring (bicyclic) bond motifs is 1. The highest BCUT2D eigenvalue weighted by Crippen LogP contribution is 2.18. The van der Waals surface area contributed by atoms with Crippen LogP contribution in [0, 0.1) is 5.82 Å². The van der Waals surface area contributed by atoms with E-state index in [1.165, 1.54) is 18.5 Å². The molecule has 2 aromatic heterocycles. The molecule has 3 aromatic rings. The first kappa shape index (κ1) is 17.2. The van der Waals surface area contributed by atoms with Crippen molar-refractivity contribution in [2.24, 2.45) is 0 Å². The van der Waals surface area contributed by atoms with Crippen molar-refractivity contribution in [3.63, 3.8) is 0 Å². The van der Waals surface area contributed by atoms with Gasteiger partial charge in [-0.2, -0.15) is 0 Å². The van der Waals surface area contributed by atoms with Gasteiger partial charge in [-0.25, -0.2) is 19.3 Å². The summed E-state index contributed by atoms with van der Waals surface area (Å²) in [5.74, 6) is -0.189. The average Bonchev–Trinajstić information content (AvgIpc) is 3.08. The van der Waals surface area contributed by atoms with Crippen LogP contribution >= 0.6 is 11.6 Å². The summed E-state index contributed by atoms with van der Waals surface area (Å²) in [7, 11) is 0. The van der Waals surface area contributed by atoms with Gasteiger partial charge in [0.25, 0.3) is 0 Å². The van der Waals surface area contributed by atoms with E-state index in [0.717, 1.165) is 57.0 Å². The number of aromatic nitrogens is 4. The summed E-state index contributed by atoms with van der Waals surface area (Å²) in [6.45, 7) is 5.81. The van der Waals surface area contributed by atoms with E-state index in [0.29, 0.717) is 10.7 Å². The number of benzene rings is 1. The predicted molar refractivity (Wildman–Crippen MR) is 100 cm³/mol. The van der Waals surface area contributed by atoms with Crippen LogP contribution < -0.4 is 4.90 Å². The van der Waals surface area contributed by atoms with E-state index in [1.54, 1.807) is 6.33 Å². The smallest absolute Gasteiger partial charge is 0.164 e. The van der Waals surface area contributed by atoms with Crippen molar-refractivity contribution < 1.29 is 4.39 Å². The van der Waals surface area contributed by atoms with Crippen LogP contribution in [0.4, 0.5) is 10.1 Å². The molecule has 26 heavy (non-hydrogen) atoms. The van der Waals surface area contributed by atoms with Crippen LogP contribution in [0.15, 0.2) is 36.9 Å². The Labute approximate surface area is 156 Å². The molecule has 3 heterocycles. The number of rotatable bonds is 5. The van der Waals surface area contributed by atoms with Gasteiger partial charge in [0.1, 0.15) is 17.7 Å². The molecule has 136 valence electrons. The Bertz CT molecular complexity index is 873. The maximum Gasteiger partial charge on any atom is 0.164 e. The fourth-order valence-corrected chi connectivity index (χ4v) is 3.54. The lowest BCUT2D eigenvalue weighted by Crippen LogP contribution is -2.46. The fourth-order valence-electron chi connectivity index (χ4n) is 3.36. The second kappa shape index (κ2) is 7.55. The Kier molecular flexibility index (Phi) is 4.99. The Morgan fingerprint density at radius 2 is 1.73 bits per heavy atom. The van der Waals surface area contributed by atoms with E-state index in [1.807, 2.05) is 16.7 Å².